The molecule has 1 aliphatic carbocycles. The van der Waals surface area contributed by atoms with Crippen LogP contribution in [0.5, 0.6) is 0 Å². The summed E-state index contributed by atoms with van der Waals surface area (Å²) in [5, 5.41) is 9.38. The highest BCUT2D eigenvalue weighted by Gasteiger charge is 2.37. The first kappa shape index (κ1) is 11.0. The van der Waals surface area contributed by atoms with Crippen molar-refractivity contribution in [2.75, 3.05) is 6.61 Å². The van der Waals surface area contributed by atoms with Gasteiger partial charge in [0.2, 0.25) is 0 Å². The summed E-state index contributed by atoms with van der Waals surface area (Å²) in [6, 6.07) is 2.58. The van der Waals surface area contributed by atoms with Crippen molar-refractivity contribution in [3.8, 4) is 6.07 Å². The third-order valence-electron chi connectivity index (χ3n) is 4.11. The molecular formula is C13H21NO. The standard InChI is InChI=1S/C13H21NO/c1-11-4-6-13(10-14,7-5-11)9-12-3-2-8-15-12/h11-12H,2-9H2,1H3. The van der Waals surface area contributed by atoms with Gasteiger partial charge in [-0.15, -0.1) is 0 Å². The topological polar surface area (TPSA) is 33.0 Å². The number of hydrogen-bond acceptors (Lipinski definition) is 2. The van der Waals surface area contributed by atoms with E-state index in [0.717, 1.165) is 31.8 Å². The van der Waals surface area contributed by atoms with E-state index in [-0.39, 0.29) is 5.41 Å². The van der Waals surface area contributed by atoms with Crippen LogP contribution in [0.15, 0.2) is 0 Å². The predicted octanol–water partition coefficient (Wildman–Crippen LogP) is 3.28. The molecule has 2 aliphatic rings. The summed E-state index contributed by atoms with van der Waals surface area (Å²) in [5.74, 6) is 0.816. The maximum atomic E-state index is 9.38. The number of nitrogens with zero attached hydrogens (tertiary/aromatic N) is 1. The zero-order valence-electron chi connectivity index (χ0n) is 9.67. The fraction of sp³-hybridized carbons (Fsp3) is 0.923. The van der Waals surface area contributed by atoms with Crippen molar-refractivity contribution in [1.82, 2.24) is 0 Å². The molecule has 0 spiro atoms. The Labute approximate surface area is 92.6 Å². The smallest absolute Gasteiger partial charge is 0.0690 e. The zero-order valence-corrected chi connectivity index (χ0v) is 9.67. The van der Waals surface area contributed by atoms with Gasteiger partial charge >= 0.3 is 0 Å². The molecule has 0 aromatic heterocycles. The zero-order chi connectivity index (χ0) is 10.7. The van der Waals surface area contributed by atoms with Crippen LogP contribution < -0.4 is 0 Å². The number of hydrogen-bond donors (Lipinski definition) is 0. The molecule has 2 rings (SSSR count). The van der Waals surface area contributed by atoms with Crippen LogP contribution in [0.1, 0.15) is 51.9 Å². The van der Waals surface area contributed by atoms with Crippen LogP contribution >= 0.6 is 0 Å². The molecule has 15 heavy (non-hydrogen) atoms. The molecule has 1 heterocycles. The quantitative estimate of drug-likeness (QED) is 0.696. The minimum Gasteiger partial charge on any atom is -0.378 e. The Bertz CT molecular complexity index is 242. The van der Waals surface area contributed by atoms with Gasteiger partial charge in [0.25, 0.3) is 0 Å². The van der Waals surface area contributed by atoms with Gasteiger partial charge in [0.05, 0.1) is 17.6 Å². The third kappa shape index (κ3) is 2.52. The lowest BCUT2D eigenvalue weighted by Gasteiger charge is -2.35. The van der Waals surface area contributed by atoms with Crippen molar-refractivity contribution in [2.45, 2.75) is 58.0 Å². The lowest BCUT2D eigenvalue weighted by molar-refractivity contribution is 0.0601. The molecule has 0 amide bonds. The Kier molecular flexibility index (Phi) is 3.31. The lowest BCUT2D eigenvalue weighted by atomic mass is 9.69. The van der Waals surface area contributed by atoms with E-state index in [2.05, 4.69) is 13.0 Å². The fourth-order valence-corrected chi connectivity index (χ4v) is 2.92. The highest BCUT2D eigenvalue weighted by atomic mass is 16.5. The first-order valence-electron chi connectivity index (χ1n) is 6.27. The molecule has 0 radical (unpaired) electrons. The first-order chi connectivity index (χ1) is 7.24. The molecule has 0 N–H and O–H groups in total. The highest BCUT2D eigenvalue weighted by Crippen LogP contribution is 2.43. The molecule has 84 valence electrons. The molecule has 1 aliphatic heterocycles. The monoisotopic (exact) mass is 207 g/mol. The summed E-state index contributed by atoms with van der Waals surface area (Å²) in [5.41, 5.74) is -0.0541. The van der Waals surface area contributed by atoms with E-state index in [0.29, 0.717) is 6.10 Å². The van der Waals surface area contributed by atoms with E-state index in [1.807, 2.05) is 0 Å². The predicted molar refractivity (Wildman–Crippen MR) is 59.3 cm³/mol. The van der Waals surface area contributed by atoms with Crippen LogP contribution in [0, 0.1) is 22.7 Å². The summed E-state index contributed by atoms with van der Waals surface area (Å²) in [6.07, 6.45) is 8.32. The van der Waals surface area contributed by atoms with E-state index in [1.165, 1.54) is 25.7 Å². The van der Waals surface area contributed by atoms with E-state index in [9.17, 15) is 5.26 Å². The van der Waals surface area contributed by atoms with Gasteiger partial charge in [0.1, 0.15) is 0 Å². The molecule has 2 fully saturated rings. The molecule has 1 saturated carbocycles. The van der Waals surface area contributed by atoms with Crippen LogP contribution in [0.3, 0.4) is 0 Å². The van der Waals surface area contributed by atoms with Gasteiger partial charge in [-0.3, -0.25) is 0 Å². The van der Waals surface area contributed by atoms with Gasteiger partial charge in [-0.1, -0.05) is 6.92 Å². The van der Waals surface area contributed by atoms with Gasteiger partial charge in [-0.2, -0.15) is 5.26 Å². The lowest BCUT2D eigenvalue weighted by Crippen LogP contribution is -2.29. The average Bonchev–Trinajstić information content (AvgIpc) is 2.75. The summed E-state index contributed by atoms with van der Waals surface area (Å²) < 4.78 is 5.66. The Morgan fingerprint density at radius 3 is 2.60 bits per heavy atom. The average molecular weight is 207 g/mol. The van der Waals surface area contributed by atoms with Crippen molar-refractivity contribution >= 4 is 0 Å². The highest BCUT2D eigenvalue weighted by molar-refractivity contribution is 5.02. The molecule has 2 heteroatoms. The van der Waals surface area contributed by atoms with Crippen LogP contribution in [0.4, 0.5) is 0 Å². The van der Waals surface area contributed by atoms with Crippen LogP contribution in [-0.2, 0) is 4.74 Å². The number of rotatable bonds is 2. The van der Waals surface area contributed by atoms with Crippen molar-refractivity contribution in [3.63, 3.8) is 0 Å². The molecule has 2 nitrogen and oxygen atoms in total. The van der Waals surface area contributed by atoms with E-state index in [1.54, 1.807) is 0 Å². The normalized spacial score (nSPS) is 41.3. The Morgan fingerprint density at radius 1 is 1.33 bits per heavy atom. The van der Waals surface area contributed by atoms with Crippen molar-refractivity contribution in [2.24, 2.45) is 11.3 Å². The first-order valence-corrected chi connectivity index (χ1v) is 6.27. The van der Waals surface area contributed by atoms with Crippen molar-refractivity contribution in [1.29, 1.82) is 5.26 Å². The Balaban J connectivity index is 1.93. The molecule has 1 atom stereocenters. The summed E-state index contributed by atoms with van der Waals surface area (Å²) in [6.45, 7) is 3.20. The van der Waals surface area contributed by atoms with Gasteiger partial charge in [0, 0.05) is 6.61 Å². The molecule has 1 unspecified atom stereocenters. The van der Waals surface area contributed by atoms with Crippen LogP contribution in [0.25, 0.3) is 0 Å². The van der Waals surface area contributed by atoms with Gasteiger partial charge < -0.3 is 4.74 Å². The molecular weight excluding hydrogens is 186 g/mol. The molecule has 0 aromatic carbocycles. The third-order valence-corrected chi connectivity index (χ3v) is 4.11. The minimum absolute atomic E-state index is 0.0541. The Hall–Kier alpha value is -0.550. The SMILES string of the molecule is CC1CCC(C#N)(CC2CCCO2)CC1. The summed E-state index contributed by atoms with van der Waals surface area (Å²) in [7, 11) is 0. The van der Waals surface area contributed by atoms with E-state index < -0.39 is 0 Å². The summed E-state index contributed by atoms with van der Waals surface area (Å²) in [4.78, 5) is 0. The summed E-state index contributed by atoms with van der Waals surface area (Å²) >= 11 is 0. The Morgan fingerprint density at radius 2 is 2.07 bits per heavy atom. The van der Waals surface area contributed by atoms with Gasteiger partial charge in [-0.05, 0) is 50.9 Å². The minimum atomic E-state index is -0.0541. The van der Waals surface area contributed by atoms with Crippen LogP contribution in [0.2, 0.25) is 0 Å². The van der Waals surface area contributed by atoms with Crippen molar-refractivity contribution in [3.05, 3.63) is 0 Å². The van der Waals surface area contributed by atoms with Gasteiger partial charge in [-0.25, -0.2) is 0 Å². The van der Waals surface area contributed by atoms with E-state index >= 15 is 0 Å². The molecule has 0 aromatic rings. The second kappa shape index (κ2) is 4.53. The largest absolute Gasteiger partial charge is 0.378 e. The molecule has 0 bridgehead atoms. The van der Waals surface area contributed by atoms with E-state index in [4.69, 9.17) is 4.74 Å². The maximum absolute atomic E-state index is 9.38. The maximum Gasteiger partial charge on any atom is 0.0690 e. The fourth-order valence-electron chi connectivity index (χ4n) is 2.92. The second-order valence-corrected chi connectivity index (χ2v) is 5.41. The number of ether oxygens (including phenoxy) is 1. The van der Waals surface area contributed by atoms with Crippen molar-refractivity contribution < 1.29 is 4.74 Å². The molecule has 1 saturated heterocycles. The van der Waals surface area contributed by atoms with Gasteiger partial charge in [0.15, 0.2) is 0 Å². The second-order valence-electron chi connectivity index (χ2n) is 5.41. The number of nitriles is 1. The van der Waals surface area contributed by atoms with Crippen LogP contribution in [-0.4, -0.2) is 12.7 Å².